The molecule has 0 saturated carbocycles. The Bertz CT molecular complexity index is 503. The van der Waals surface area contributed by atoms with Gasteiger partial charge in [0.2, 0.25) is 0 Å². The first-order chi connectivity index (χ1) is 6.73. The minimum absolute atomic E-state index is 0. The fourth-order valence-corrected chi connectivity index (χ4v) is 1.52. The molecular weight excluding hydrogens is 249 g/mol. The van der Waals surface area contributed by atoms with Crippen LogP contribution in [0.25, 0.3) is 0 Å². The second-order valence-corrected chi connectivity index (χ2v) is 4.09. The Kier molecular flexibility index (Phi) is 4.77. The van der Waals surface area contributed by atoms with Gasteiger partial charge in [-0.3, -0.25) is 4.55 Å². The molecule has 0 atom stereocenters. The van der Waals surface area contributed by atoms with Gasteiger partial charge in [-0.1, -0.05) is 5.75 Å². The van der Waals surface area contributed by atoms with Crippen molar-refractivity contribution in [1.29, 1.82) is 0 Å². The Balaban J connectivity index is 0.00000225. The van der Waals surface area contributed by atoms with Crippen LogP contribution in [0.3, 0.4) is 0 Å². The standard InChI is InChI=1S/C7H7NO6S.Na/c8-4-1-3(15(12,13)14)2-5(9)6(4)7(10)11;/h1-2,9H,8H2,(H,10,11)(H,12,13,14);/q;+1/p-1. The van der Waals surface area contributed by atoms with E-state index in [4.69, 9.17) is 15.4 Å². The molecule has 1 aromatic rings. The molecule has 0 spiro atoms. The van der Waals surface area contributed by atoms with E-state index in [-0.39, 0.29) is 29.6 Å². The maximum atomic E-state index is 11.1. The van der Waals surface area contributed by atoms with Gasteiger partial charge in [0.05, 0.1) is 10.5 Å². The predicted octanol–water partition coefficient (Wildman–Crippen LogP) is -3.71. The van der Waals surface area contributed by atoms with Crippen molar-refractivity contribution in [3.8, 4) is 5.75 Å². The van der Waals surface area contributed by atoms with Gasteiger partial charge < -0.3 is 15.9 Å². The van der Waals surface area contributed by atoms with E-state index in [1.807, 2.05) is 0 Å². The van der Waals surface area contributed by atoms with Crippen LogP contribution < -0.4 is 40.4 Å². The smallest absolute Gasteiger partial charge is 0.872 e. The zero-order valence-electron chi connectivity index (χ0n) is 8.17. The van der Waals surface area contributed by atoms with Crippen molar-refractivity contribution in [3.05, 3.63) is 17.7 Å². The Hall–Kier alpha value is -0.800. The van der Waals surface area contributed by atoms with Crippen LogP contribution in [-0.2, 0) is 10.1 Å². The molecule has 0 unspecified atom stereocenters. The maximum absolute atomic E-state index is 11.1. The molecule has 0 aliphatic carbocycles. The van der Waals surface area contributed by atoms with E-state index in [0.29, 0.717) is 12.1 Å². The third-order valence-electron chi connectivity index (χ3n) is 1.62. The van der Waals surface area contributed by atoms with Gasteiger partial charge in [0.25, 0.3) is 10.1 Å². The first-order valence-corrected chi connectivity index (χ1v) is 4.99. The zero-order valence-corrected chi connectivity index (χ0v) is 11.0. The topological polar surface area (TPSA) is 141 Å². The predicted molar refractivity (Wildman–Crippen MR) is 47.1 cm³/mol. The Morgan fingerprint density at radius 1 is 1.38 bits per heavy atom. The molecule has 4 N–H and O–H groups in total. The van der Waals surface area contributed by atoms with Crippen molar-refractivity contribution in [3.63, 3.8) is 0 Å². The average Bonchev–Trinajstić information content (AvgIpc) is 1.99. The second kappa shape index (κ2) is 5.02. The molecule has 0 fully saturated rings. The molecule has 0 aromatic heterocycles. The fourth-order valence-electron chi connectivity index (χ4n) is 0.989. The maximum Gasteiger partial charge on any atom is 1.00 e. The van der Waals surface area contributed by atoms with Crippen molar-refractivity contribution in [2.24, 2.45) is 0 Å². The molecule has 1 rings (SSSR count). The summed E-state index contributed by atoms with van der Waals surface area (Å²) in [6.45, 7) is 0. The third kappa shape index (κ3) is 3.09. The summed E-state index contributed by atoms with van der Waals surface area (Å²) in [5.41, 5.74) is 3.93. The van der Waals surface area contributed by atoms with Crippen LogP contribution in [0.2, 0.25) is 0 Å². The number of carboxylic acids is 1. The van der Waals surface area contributed by atoms with E-state index >= 15 is 0 Å². The van der Waals surface area contributed by atoms with Gasteiger partial charge >= 0.3 is 35.5 Å². The average molecular weight is 255 g/mol. The molecule has 0 radical (unpaired) electrons. The van der Waals surface area contributed by atoms with Gasteiger partial charge in [-0.05, 0) is 12.1 Å². The molecule has 0 amide bonds. The van der Waals surface area contributed by atoms with Crippen LogP contribution in [-0.4, -0.2) is 24.0 Å². The van der Waals surface area contributed by atoms with Gasteiger partial charge in [-0.15, -0.1) is 0 Å². The van der Waals surface area contributed by atoms with E-state index in [9.17, 15) is 18.3 Å². The zero-order chi connectivity index (χ0) is 11.8. The van der Waals surface area contributed by atoms with Crippen molar-refractivity contribution < 1.29 is 57.5 Å². The number of hydrogen-bond donors (Lipinski definition) is 3. The minimum atomic E-state index is -4.56. The van der Waals surface area contributed by atoms with Crippen molar-refractivity contribution in [2.45, 2.75) is 4.90 Å². The van der Waals surface area contributed by atoms with Crippen LogP contribution in [0.4, 0.5) is 5.69 Å². The second-order valence-electron chi connectivity index (χ2n) is 2.67. The van der Waals surface area contributed by atoms with Gasteiger partial charge in [0.1, 0.15) is 0 Å². The first-order valence-electron chi connectivity index (χ1n) is 3.55. The van der Waals surface area contributed by atoms with Gasteiger partial charge in [0.15, 0.2) is 0 Å². The van der Waals surface area contributed by atoms with Crippen LogP contribution >= 0.6 is 0 Å². The number of hydrogen-bond acceptors (Lipinski definition) is 5. The molecule has 16 heavy (non-hydrogen) atoms. The Morgan fingerprint density at radius 3 is 2.19 bits per heavy atom. The van der Waals surface area contributed by atoms with Gasteiger partial charge in [0, 0.05) is 5.69 Å². The van der Waals surface area contributed by atoms with Crippen LogP contribution in [0, 0.1) is 0 Å². The molecule has 0 bridgehead atoms. The molecule has 0 aliphatic rings. The summed E-state index contributed by atoms with van der Waals surface area (Å²) in [5, 5.41) is 19.7. The van der Waals surface area contributed by atoms with E-state index < -0.39 is 38.0 Å². The fraction of sp³-hybridized carbons (Fsp3) is 0. The number of carboxylic acid groups (broad SMARTS) is 1. The number of aromatic carboxylic acids is 1. The van der Waals surface area contributed by atoms with Gasteiger partial charge in [-0.25, -0.2) is 4.79 Å². The van der Waals surface area contributed by atoms with Crippen molar-refractivity contribution in [1.82, 2.24) is 0 Å². The Morgan fingerprint density at radius 2 is 1.88 bits per heavy atom. The summed E-state index contributed by atoms with van der Waals surface area (Å²) in [5.74, 6) is -2.63. The summed E-state index contributed by atoms with van der Waals surface area (Å²) in [6, 6.07) is 1.20. The molecular formula is C7H6NNaO6S. The van der Waals surface area contributed by atoms with Crippen LogP contribution in [0.1, 0.15) is 10.4 Å². The van der Waals surface area contributed by atoms with Gasteiger partial charge in [-0.2, -0.15) is 8.42 Å². The molecule has 9 heteroatoms. The first kappa shape index (κ1) is 15.2. The third-order valence-corrected chi connectivity index (χ3v) is 2.45. The SMILES string of the molecule is Nc1cc(S(=O)(=O)O)cc([O-])c1C(=O)O.[Na+]. The molecule has 0 saturated heterocycles. The monoisotopic (exact) mass is 255 g/mol. The molecule has 0 aliphatic heterocycles. The van der Waals surface area contributed by atoms with Crippen LogP contribution in [0.5, 0.6) is 5.75 Å². The van der Waals surface area contributed by atoms with E-state index in [1.54, 1.807) is 0 Å². The van der Waals surface area contributed by atoms with Crippen LogP contribution in [0.15, 0.2) is 17.0 Å². The Labute approximate surface area is 113 Å². The summed E-state index contributed by atoms with van der Waals surface area (Å²) < 4.78 is 29.9. The number of carbonyl (C=O) groups is 1. The van der Waals surface area contributed by atoms with Crippen molar-refractivity contribution >= 4 is 21.8 Å². The number of anilines is 1. The normalized spacial score (nSPS) is 10.6. The summed E-state index contributed by atoms with van der Waals surface area (Å²) in [6.07, 6.45) is 0. The summed E-state index contributed by atoms with van der Waals surface area (Å²) >= 11 is 0. The quantitative estimate of drug-likeness (QED) is 0.280. The molecule has 82 valence electrons. The van der Waals surface area contributed by atoms with Crippen molar-refractivity contribution in [2.75, 3.05) is 5.73 Å². The number of benzene rings is 1. The van der Waals surface area contributed by atoms with E-state index in [2.05, 4.69) is 0 Å². The number of nitrogen functional groups attached to an aromatic ring is 1. The summed E-state index contributed by atoms with van der Waals surface area (Å²) in [7, 11) is -4.56. The molecule has 0 heterocycles. The summed E-state index contributed by atoms with van der Waals surface area (Å²) in [4.78, 5) is 9.78. The number of rotatable bonds is 2. The van der Waals surface area contributed by atoms with E-state index in [1.165, 1.54) is 0 Å². The molecule has 1 aromatic carbocycles. The number of nitrogens with two attached hydrogens (primary N) is 1. The molecule has 7 nitrogen and oxygen atoms in total. The minimum Gasteiger partial charge on any atom is -0.872 e. The largest absolute Gasteiger partial charge is 1.00 e. The van der Waals surface area contributed by atoms with E-state index in [0.717, 1.165) is 0 Å².